The molecule has 0 radical (unpaired) electrons. The molecule has 4 rings (SSSR count). The number of nitrogens with zero attached hydrogens (tertiary/aromatic N) is 2. The summed E-state index contributed by atoms with van der Waals surface area (Å²) in [5.41, 5.74) is 3.14. The number of thioether (sulfide) groups is 1. The van der Waals surface area contributed by atoms with Gasteiger partial charge >= 0.3 is 0 Å². The van der Waals surface area contributed by atoms with E-state index in [1.165, 1.54) is 23.9 Å². The van der Waals surface area contributed by atoms with Crippen LogP contribution in [-0.4, -0.2) is 33.2 Å². The number of aryl methyl sites for hydroxylation is 2. The number of amidine groups is 1. The average Bonchev–Trinajstić information content (AvgIpc) is 3.42. The summed E-state index contributed by atoms with van der Waals surface area (Å²) in [4.78, 5) is 31.8. The summed E-state index contributed by atoms with van der Waals surface area (Å²) >= 11 is 1.32. The van der Waals surface area contributed by atoms with Crippen molar-refractivity contribution in [3.63, 3.8) is 0 Å². The first-order valence-electron chi connectivity index (χ1n) is 9.62. The van der Waals surface area contributed by atoms with Crippen molar-refractivity contribution < 1.29 is 14.0 Å². The highest BCUT2D eigenvalue weighted by Crippen LogP contribution is 2.39. The van der Waals surface area contributed by atoms with Crippen molar-refractivity contribution >= 4 is 40.1 Å². The second-order valence-electron chi connectivity index (χ2n) is 7.52. The normalized spacial score (nSPS) is 20.4. The molecule has 1 saturated heterocycles. The molecular weight excluding hydrogens is 389 g/mol. The van der Waals surface area contributed by atoms with Crippen molar-refractivity contribution in [2.45, 2.75) is 44.4 Å². The first kappa shape index (κ1) is 19.6. The summed E-state index contributed by atoms with van der Waals surface area (Å²) in [6.07, 6.45) is 1.88. The Balaban J connectivity index is 1.52. The predicted molar refractivity (Wildman–Crippen MR) is 114 cm³/mol. The lowest BCUT2D eigenvalue weighted by atomic mass is 10.1. The minimum Gasteiger partial charge on any atom is -0.324 e. The number of halogens is 1. The smallest absolute Gasteiger partial charge is 0.242 e. The van der Waals surface area contributed by atoms with Crippen LogP contribution < -0.4 is 5.32 Å². The van der Waals surface area contributed by atoms with Gasteiger partial charge in [-0.25, -0.2) is 9.38 Å². The second kappa shape index (κ2) is 7.99. The molecule has 1 N–H and O–H groups in total. The zero-order chi connectivity index (χ0) is 20.5. The van der Waals surface area contributed by atoms with E-state index in [0.717, 1.165) is 29.7 Å². The van der Waals surface area contributed by atoms with E-state index in [4.69, 9.17) is 4.99 Å². The highest BCUT2D eigenvalue weighted by Gasteiger charge is 2.46. The molecule has 2 fully saturated rings. The Morgan fingerprint density at radius 1 is 1.21 bits per heavy atom. The monoisotopic (exact) mass is 411 g/mol. The van der Waals surface area contributed by atoms with Crippen LogP contribution in [-0.2, 0) is 9.59 Å². The number of hydrogen-bond donors (Lipinski definition) is 1. The lowest BCUT2D eigenvalue weighted by Crippen LogP contribution is -2.35. The molecule has 0 bridgehead atoms. The van der Waals surface area contributed by atoms with Crippen LogP contribution >= 0.6 is 11.8 Å². The van der Waals surface area contributed by atoms with Gasteiger partial charge in [-0.1, -0.05) is 30.0 Å². The fourth-order valence-corrected chi connectivity index (χ4v) is 4.63. The molecular formula is C22H22FN3O2S. The molecule has 2 aliphatic rings. The van der Waals surface area contributed by atoms with Crippen molar-refractivity contribution in [1.82, 2.24) is 4.90 Å². The second-order valence-corrected chi connectivity index (χ2v) is 8.69. The molecule has 7 heteroatoms. The Morgan fingerprint density at radius 3 is 2.55 bits per heavy atom. The Kier molecular flexibility index (Phi) is 5.41. The van der Waals surface area contributed by atoms with Crippen LogP contribution in [0.4, 0.5) is 15.8 Å². The van der Waals surface area contributed by atoms with Crippen LogP contribution in [0.5, 0.6) is 0 Å². The van der Waals surface area contributed by atoms with Crippen LogP contribution in [0.25, 0.3) is 0 Å². The standard InChI is InChI=1S/C22H22FN3O2S/c1-13-9-14(2)11-15(10-13)24-22-26(16-7-8-16)21(28)19(29-22)12-20(27)25-18-6-4-3-5-17(18)23/h3-6,9-11,16,19H,7-8,12H2,1-2H3,(H,25,27)/t19-/m0/s1. The van der Waals surface area contributed by atoms with Gasteiger partial charge in [-0.2, -0.15) is 0 Å². The minimum atomic E-state index is -0.549. The third-order valence-electron chi connectivity index (χ3n) is 4.83. The number of para-hydroxylation sites is 1. The van der Waals surface area contributed by atoms with E-state index in [-0.39, 0.29) is 30.0 Å². The van der Waals surface area contributed by atoms with E-state index in [9.17, 15) is 14.0 Å². The Bertz CT molecular complexity index is 983. The maximum atomic E-state index is 13.8. The molecule has 29 heavy (non-hydrogen) atoms. The van der Waals surface area contributed by atoms with Gasteiger partial charge in [0.1, 0.15) is 11.1 Å². The molecule has 2 aromatic carbocycles. The maximum absolute atomic E-state index is 13.8. The summed E-state index contributed by atoms with van der Waals surface area (Å²) in [7, 11) is 0. The Morgan fingerprint density at radius 2 is 1.90 bits per heavy atom. The topological polar surface area (TPSA) is 61.8 Å². The van der Waals surface area contributed by atoms with Crippen molar-refractivity contribution in [3.8, 4) is 0 Å². The summed E-state index contributed by atoms with van der Waals surface area (Å²) in [5, 5.41) is 2.65. The fourth-order valence-electron chi connectivity index (χ4n) is 3.42. The molecule has 150 valence electrons. The van der Waals surface area contributed by atoms with Gasteiger partial charge < -0.3 is 5.32 Å². The highest BCUT2D eigenvalue weighted by molar-refractivity contribution is 8.15. The molecule has 0 spiro atoms. The summed E-state index contributed by atoms with van der Waals surface area (Å²) in [6, 6.07) is 12.2. The van der Waals surface area contributed by atoms with Gasteiger partial charge in [-0.05, 0) is 62.1 Å². The van der Waals surface area contributed by atoms with Gasteiger partial charge in [-0.15, -0.1) is 0 Å². The van der Waals surface area contributed by atoms with Crippen molar-refractivity contribution in [1.29, 1.82) is 0 Å². The van der Waals surface area contributed by atoms with Crippen LogP contribution in [0, 0.1) is 19.7 Å². The van der Waals surface area contributed by atoms with E-state index in [2.05, 4.69) is 11.4 Å². The molecule has 2 amide bonds. The van der Waals surface area contributed by atoms with E-state index in [1.807, 2.05) is 26.0 Å². The van der Waals surface area contributed by atoms with Gasteiger partial charge in [0.05, 0.1) is 11.4 Å². The largest absolute Gasteiger partial charge is 0.324 e. The van der Waals surface area contributed by atoms with Gasteiger partial charge in [0, 0.05) is 12.5 Å². The van der Waals surface area contributed by atoms with Crippen LogP contribution in [0.2, 0.25) is 0 Å². The lowest BCUT2D eigenvalue weighted by Gasteiger charge is -2.15. The highest BCUT2D eigenvalue weighted by atomic mass is 32.2. The summed E-state index contributed by atoms with van der Waals surface area (Å²) < 4.78 is 13.8. The average molecular weight is 412 g/mol. The molecule has 1 saturated carbocycles. The van der Waals surface area contributed by atoms with Crippen LogP contribution in [0.1, 0.15) is 30.4 Å². The molecule has 0 unspecified atom stereocenters. The minimum absolute atomic E-state index is 0.0209. The fraction of sp³-hybridized carbons (Fsp3) is 0.318. The quantitative estimate of drug-likeness (QED) is 0.784. The molecule has 1 heterocycles. The number of carbonyl (C=O) groups is 2. The van der Waals surface area contributed by atoms with E-state index in [0.29, 0.717) is 5.17 Å². The van der Waals surface area contributed by atoms with Gasteiger partial charge in [0.15, 0.2) is 5.17 Å². The number of benzene rings is 2. The van der Waals surface area contributed by atoms with Gasteiger partial charge in [0.25, 0.3) is 0 Å². The maximum Gasteiger partial charge on any atom is 0.242 e. The van der Waals surface area contributed by atoms with E-state index < -0.39 is 11.1 Å². The molecule has 5 nitrogen and oxygen atoms in total. The number of anilines is 1. The Labute approximate surface area is 173 Å². The van der Waals surface area contributed by atoms with Crippen molar-refractivity contribution in [3.05, 3.63) is 59.4 Å². The number of nitrogens with one attached hydrogen (secondary N) is 1. The van der Waals surface area contributed by atoms with Gasteiger partial charge in [-0.3, -0.25) is 14.5 Å². The third kappa shape index (κ3) is 4.50. The summed E-state index contributed by atoms with van der Waals surface area (Å²) in [6.45, 7) is 4.02. The zero-order valence-electron chi connectivity index (χ0n) is 16.3. The number of rotatable bonds is 5. The molecule has 1 aliphatic heterocycles. The number of carbonyl (C=O) groups excluding carboxylic acids is 2. The molecule has 1 aliphatic carbocycles. The van der Waals surface area contributed by atoms with Crippen molar-refractivity contribution in [2.75, 3.05) is 5.32 Å². The number of aliphatic imine (C=N–C) groups is 1. The number of amides is 2. The first-order valence-corrected chi connectivity index (χ1v) is 10.5. The van der Waals surface area contributed by atoms with E-state index in [1.54, 1.807) is 17.0 Å². The molecule has 2 aromatic rings. The van der Waals surface area contributed by atoms with Gasteiger partial charge in [0.2, 0.25) is 11.8 Å². The van der Waals surface area contributed by atoms with Crippen LogP contribution in [0.3, 0.4) is 0 Å². The molecule has 1 atom stereocenters. The number of hydrogen-bond acceptors (Lipinski definition) is 4. The summed E-state index contributed by atoms with van der Waals surface area (Å²) in [5.74, 6) is -0.975. The molecule has 0 aromatic heterocycles. The van der Waals surface area contributed by atoms with Crippen LogP contribution in [0.15, 0.2) is 47.5 Å². The zero-order valence-corrected chi connectivity index (χ0v) is 17.1. The third-order valence-corrected chi connectivity index (χ3v) is 5.98. The van der Waals surface area contributed by atoms with Crippen molar-refractivity contribution in [2.24, 2.45) is 4.99 Å². The Hall–Kier alpha value is -2.67. The lowest BCUT2D eigenvalue weighted by molar-refractivity contribution is -0.128. The predicted octanol–water partition coefficient (Wildman–Crippen LogP) is 4.57. The van der Waals surface area contributed by atoms with E-state index >= 15 is 0 Å². The first-order chi connectivity index (χ1) is 13.9. The SMILES string of the molecule is Cc1cc(C)cc(N=C2S[C@@H](CC(=O)Nc3ccccc3F)C(=O)N2C2CC2)c1.